The van der Waals surface area contributed by atoms with Crippen molar-refractivity contribution in [3.8, 4) is 0 Å². The molecule has 0 aliphatic heterocycles. The van der Waals surface area contributed by atoms with Gasteiger partial charge in [-0.2, -0.15) is 0 Å². The summed E-state index contributed by atoms with van der Waals surface area (Å²) < 4.78 is 0. The standard InChI is InChI=1S/C8H16ClN/c1-6-3-4-8(10-9)5-7(6)2/h6-8,10H,3-5H2,1-2H3/t6?,7-,8+/m1/s1. The average Bonchev–Trinajstić information content (AvgIpc) is 1.95. The molecule has 1 N–H and O–H groups in total. The van der Waals surface area contributed by atoms with Crippen LogP contribution < -0.4 is 4.84 Å². The quantitative estimate of drug-likeness (QED) is 0.583. The molecule has 0 aromatic heterocycles. The van der Waals surface area contributed by atoms with Crippen LogP contribution >= 0.6 is 11.8 Å². The van der Waals surface area contributed by atoms with Crippen LogP contribution in [0, 0.1) is 11.8 Å². The van der Waals surface area contributed by atoms with Crippen molar-refractivity contribution in [2.75, 3.05) is 0 Å². The van der Waals surface area contributed by atoms with Gasteiger partial charge in [-0.1, -0.05) is 13.8 Å². The van der Waals surface area contributed by atoms with Gasteiger partial charge in [-0.3, -0.25) is 0 Å². The normalized spacial score (nSPS) is 41.7. The Morgan fingerprint density at radius 2 is 1.90 bits per heavy atom. The summed E-state index contributed by atoms with van der Waals surface area (Å²) in [5.74, 6) is 1.73. The molecule has 0 saturated heterocycles. The first-order valence-corrected chi connectivity index (χ1v) is 4.48. The maximum atomic E-state index is 5.54. The molecule has 1 fully saturated rings. The first-order chi connectivity index (χ1) is 4.74. The minimum Gasteiger partial charge on any atom is -0.230 e. The second-order valence-corrected chi connectivity index (χ2v) is 3.79. The van der Waals surface area contributed by atoms with Gasteiger partial charge in [0.25, 0.3) is 0 Å². The van der Waals surface area contributed by atoms with Crippen LogP contribution in [-0.2, 0) is 0 Å². The molecule has 1 aliphatic carbocycles. The van der Waals surface area contributed by atoms with Gasteiger partial charge in [0.1, 0.15) is 0 Å². The summed E-state index contributed by atoms with van der Waals surface area (Å²) in [6, 6.07) is 0.563. The van der Waals surface area contributed by atoms with Crippen LogP contribution in [0.1, 0.15) is 33.1 Å². The lowest BCUT2D eigenvalue weighted by atomic mass is 9.79. The fourth-order valence-electron chi connectivity index (χ4n) is 1.65. The maximum Gasteiger partial charge on any atom is 0.0223 e. The van der Waals surface area contributed by atoms with E-state index in [4.69, 9.17) is 11.8 Å². The minimum atomic E-state index is 0.563. The molecule has 1 aliphatic rings. The van der Waals surface area contributed by atoms with E-state index < -0.39 is 0 Å². The number of nitrogens with one attached hydrogen (secondary N) is 1. The molecular formula is C8H16ClN. The largest absolute Gasteiger partial charge is 0.230 e. The zero-order valence-corrected chi connectivity index (χ0v) is 7.49. The molecule has 1 rings (SSSR count). The molecule has 2 heteroatoms. The predicted molar refractivity (Wildman–Crippen MR) is 45.0 cm³/mol. The lowest BCUT2D eigenvalue weighted by Crippen LogP contribution is -2.31. The summed E-state index contributed by atoms with van der Waals surface area (Å²) in [6.45, 7) is 4.64. The average molecular weight is 162 g/mol. The SMILES string of the molecule is CC1CC[C@H](NCl)C[C@H]1C. The minimum absolute atomic E-state index is 0.563. The zero-order valence-electron chi connectivity index (χ0n) is 6.73. The van der Waals surface area contributed by atoms with Crippen LogP contribution in [0.5, 0.6) is 0 Å². The number of rotatable bonds is 1. The van der Waals surface area contributed by atoms with E-state index in [2.05, 4.69) is 18.7 Å². The van der Waals surface area contributed by atoms with E-state index in [0.717, 1.165) is 11.8 Å². The van der Waals surface area contributed by atoms with Gasteiger partial charge in [-0.15, -0.1) is 0 Å². The molecule has 3 atom stereocenters. The lowest BCUT2D eigenvalue weighted by molar-refractivity contribution is 0.243. The third-order valence-electron chi connectivity index (χ3n) is 2.75. The Kier molecular flexibility index (Phi) is 2.99. The maximum absolute atomic E-state index is 5.54. The van der Waals surface area contributed by atoms with E-state index in [9.17, 15) is 0 Å². The monoisotopic (exact) mass is 161 g/mol. The summed E-state index contributed by atoms with van der Waals surface area (Å²) >= 11 is 5.54. The highest BCUT2D eigenvalue weighted by Gasteiger charge is 2.23. The van der Waals surface area contributed by atoms with E-state index in [0.29, 0.717) is 6.04 Å². The molecule has 0 bridgehead atoms. The third kappa shape index (κ3) is 1.86. The number of hydrogen-bond acceptors (Lipinski definition) is 1. The van der Waals surface area contributed by atoms with Gasteiger partial charge < -0.3 is 0 Å². The van der Waals surface area contributed by atoms with Crippen molar-refractivity contribution in [3.05, 3.63) is 0 Å². The molecule has 1 nitrogen and oxygen atoms in total. The fraction of sp³-hybridized carbons (Fsp3) is 1.00. The summed E-state index contributed by atoms with van der Waals surface area (Å²) in [5, 5.41) is 0. The smallest absolute Gasteiger partial charge is 0.0223 e. The van der Waals surface area contributed by atoms with Gasteiger partial charge in [-0.05, 0) is 42.9 Å². The van der Waals surface area contributed by atoms with Gasteiger partial charge >= 0.3 is 0 Å². The molecule has 0 radical (unpaired) electrons. The lowest BCUT2D eigenvalue weighted by Gasteiger charge is -2.30. The molecule has 0 amide bonds. The van der Waals surface area contributed by atoms with Crippen molar-refractivity contribution < 1.29 is 0 Å². The van der Waals surface area contributed by atoms with Crippen LogP contribution in [0.25, 0.3) is 0 Å². The van der Waals surface area contributed by atoms with E-state index in [1.165, 1.54) is 19.3 Å². The van der Waals surface area contributed by atoms with E-state index in [-0.39, 0.29) is 0 Å². The molecule has 1 saturated carbocycles. The Balaban J connectivity index is 2.33. The van der Waals surface area contributed by atoms with Crippen LogP contribution in [0.2, 0.25) is 0 Å². The summed E-state index contributed by atoms with van der Waals surface area (Å²) in [6.07, 6.45) is 3.81. The van der Waals surface area contributed by atoms with Crippen molar-refractivity contribution in [2.24, 2.45) is 11.8 Å². The van der Waals surface area contributed by atoms with Gasteiger partial charge in [0.05, 0.1) is 0 Å². The van der Waals surface area contributed by atoms with Gasteiger partial charge in [0.15, 0.2) is 0 Å². The van der Waals surface area contributed by atoms with E-state index in [1.807, 2.05) is 0 Å². The molecule has 0 spiro atoms. The van der Waals surface area contributed by atoms with Crippen LogP contribution in [-0.4, -0.2) is 6.04 Å². The Morgan fingerprint density at radius 1 is 1.20 bits per heavy atom. The van der Waals surface area contributed by atoms with E-state index in [1.54, 1.807) is 0 Å². The third-order valence-corrected chi connectivity index (χ3v) is 3.06. The van der Waals surface area contributed by atoms with Gasteiger partial charge in [0, 0.05) is 6.04 Å². The molecule has 0 heterocycles. The summed E-state index contributed by atoms with van der Waals surface area (Å²) in [4.78, 5) is 2.83. The molecule has 60 valence electrons. The molecule has 10 heavy (non-hydrogen) atoms. The first kappa shape index (κ1) is 8.35. The Hall–Kier alpha value is 0.250. The first-order valence-electron chi connectivity index (χ1n) is 4.10. The van der Waals surface area contributed by atoms with Crippen molar-refractivity contribution in [2.45, 2.75) is 39.2 Å². The highest BCUT2D eigenvalue weighted by atomic mass is 35.5. The Labute approximate surface area is 68.3 Å². The van der Waals surface area contributed by atoms with E-state index >= 15 is 0 Å². The topological polar surface area (TPSA) is 12.0 Å². The van der Waals surface area contributed by atoms with Crippen molar-refractivity contribution >= 4 is 11.8 Å². The fourth-order valence-corrected chi connectivity index (χ4v) is 1.84. The van der Waals surface area contributed by atoms with Crippen LogP contribution in [0.15, 0.2) is 0 Å². The highest BCUT2D eigenvalue weighted by Crippen LogP contribution is 2.29. The predicted octanol–water partition coefficient (Wildman–Crippen LogP) is 2.55. The van der Waals surface area contributed by atoms with Gasteiger partial charge in [-0.25, -0.2) is 4.84 Å². The Morgan fingerprint density at radius 3 is 2.40 bits per heavy atom. The van der Waals surface area contributed by atoms with Crippen molar-refractivity contribution in [3.63, 3.8) is 0 Å². The molecule has 0 aromatic carbocycles. The number of halogens is 1. The molecule has 1 unspecified atom stereocenters. The highest BCUT2D eigenvalue weighted by molar-refractivity contribution is 6.13. The van der Waals surface area contributed by atoms with Gasteiger partial charge in [0.2, 0.25) is 0 Å². The van der Waals surface area contributed by atoms with Crippen molar-refractivity contribution in [1.82, 2.24) is 4.84 Å². The number of hydrogen-bond donors (Lipinski definition) is 1. The van der Waals surface area contributed by atoms with Crippen LogP contribution in [0.4, 0.5) is 0 Å². The second-order valence-electron chi connectivity index (χ2n) is 3.57. The second kappa shape index (κ2) is 3.59. The molecular weight excluding hydrogens is 146 g/mol. The summed E-state index contributed by atoms with van der Waals surface area (Å²) in [5.41, 5.74) is 0. The Bertz CT molecular complexity index is 105. The summed E-state index contributed by atoms with van der Waals surface area (Å²) in [7, 11) is 0. The zero-order chi connectivity index (χ0) is 7.56. The molecule has 0 aromatic rings. The van der Waals surface area contributed by atoms with Crippen molar-refractivity contribution in [1.29, 1.82) is 0 Å². The van der Waals surface area contributed by atoms with Crippen LogP contribution in [0.3, 0.4) is 0 Å².